The van der Waals surface area contributed by atoms with Gasteiger partial charge in [-0.2, -0.15) is 0 Å². The predicted octanol–water partition coefficient (Wildman–Crippen LogP) is 3.69. The van der Waals surface area contributed by atoms with Crippen LogP contribution in [0.3, 0.4) is 0 Å². The fourth-order valence-corrected chi connectivity index (χ4v) is 1.90. The fraction of sp³-hybridized carbons (Fsp3) is 0.0588. The third kappa shape index (κ3) is 5.03. The number of non-ortho nitro benzene ring substituents is 1. The number of ether oxygens (including phenoxy) is 1. The first-order chi connectivity index (χ1) is 11.5. The maximum absolute atomic E-state index is 11.8. The highest BCUT2D eigenvalue weighted by atomic mass is 35.5. The van der Waals surface area contributed by atoms with Gasteiger partial charge in [0, 0.05) is 28.8 Å². The zero-order chi connectivity index (χ0) is 17.5. The van der Waals surface area contributed by atoms with Gasteiger partial charge in [-0.25, -0.2) is 4.79 Å². The molecule has 0 aromatic heterocycles. The Kier molecular flexibility index (Phi) is 5.81. The number of carbonyl (C=O) groups excluding carboxylic acids is 2. The summed E-state index contributed by atoms with van der Waals surface area (Å²) in [5, 5.41) is 11.0. The number of ketones is 1. The Morgan fingerprint density at radius 1 is 1.08 bits per heavy atom. The third-order valence-corrected chi connectivity index (χ3v) is 3.28. The van der Waals surface area contributed by atoms with Gasteiger partial charge < -0.3 is 4.74 Å². The molecule has 0 bridgehead atoms. The highest BCUT2D eigenvalue weighted by Gasteiger charge is 2.08. The van der Waals surface area contributed by atoms with Gasteiger partial charge in [-0.05, 0) is 48.0 Å². The van der Waals surface area contributed by atoms with E-state index in [-0.39, 0.29) is 18.1 Å². The molecule has 0 N–H and O–H groups in total. The number of halogens is 1. The van der Waals surface area contributed by atoms with Crippen molar-refractivity contribution < 1.29 is 19.2 Å². The summed E-state index contributed by atoms with van der Waals surface area (Å²) in [5.41, 5.74) is 0.955. The first kappa shape index (κ1) is 17.4. The molecule has 0 saturated carbocycles. The Balaban J connectivity index is 1.87. The second-order valence-corrected chi connectivity index (χ2v) is 5.16. The number of nitro benzene ring substituents is 1. The molecule has 0 fully saturated rings. The van der Waals surface area contributed by atoms with Gasteiger partial charge in [0.25, 0.3) is 5.69 Å². The van der Waals surface area contributed by atoms with E-state index in [1.165, 1.54) is 30.3 Å². The van der Waals surface area contributed by atoms with Crippen molar-refractivity contribution >= 4 is 35.1 Å². The van der Waals surface area contributed by atoms with E-state index in [2.05, 4.69) is 0 Å². The Morgan fingerprint density at radius 2 is 1.71 bits per heavy atom. The zero-order valence-corrected chi connectivity index (χ0v) is 13.1. The summed E-state index contributed by atoms with van der Waals surface area (Å²) in [7, 11) is 0. The summed E-state index contributed by atoms with van der Waals surface area (Å²) in [6.07, 6.45) is 2.59. The predicted molar refractivity (Wildman–Crippen MR) is 88.9 cm³/mol. The van der Waals surface area contributed by atoms with Gasteiger partial charge in [0.05, 0.1) is 4.92 Å². The van der Waals surface area contributed by atoms with Crippen LogP contribution in [0.4, 0.5) is 5.69 Å². The SMILES string of the molecule is O=C(/C=C/c1ccc([N+](=O)[O-])cc1)OCC(=O)c1ccc(Cl)cc1. The summed E-state index contributed by atoms with van der Waals surface area (Å²) in [6, 6.07) is 11.9. The Morgan fingerprint density at radius 3 is 2.29 bits per heavy atom. The third-order valence-electron chi connectivity index (χ3n) is 3.03. The summed E-state index contributed by atoms with van der Waals surface area (Å²) in [5.74, 6) is -1.03. The lowest BCUT2D eigenvalue weighted by Crippen LogP contribution is -2.12. The van der Waals surface area contributed by atoms with Crippen LogP contribution < -0.4 is 0 Å². The minimum absolute atomic E-state index is 0.0386. The topological polar surface area (TPSA) is 86.5 Å². The molecule has 0 aliphatic heterocycles. The highest BCUT2D eigenvalue weighted by Crippen LogP contribution is 2.13. The summed E-state index contributed by atoms with van der Waals surface area (Å²) < 4.78 is 4.86. The monoisotopic (exact) mass is 345 g/mol. The molecule has 0 aliphatic carbocycles. The van der Waals surface area contributed by atoms with E-state index >= 15 is 0 Å². The molecule has 0 radical (unpaired) electrons. The second-order valence-electron chi connectivity index (χ2n) is 4.72. The van der Waals surface area contributed by atoms with Crippen LogP contribution in [-0.2, 0) is 9.53 Å². The van der Waals surface area contributed by atoms with Crippen molar-refractivity contribution in [2.75, 3.05) is 6.61 Å². The number of carbonyl (C=O) groups is 2. The number of benzene rings is 2. The van der Waals surface area contributed by atoms with Gasteiger partial charge in [-0.15, -0.1) is 0 Å². The van der Waals surface area contributed by atoms with Crippen molar-refractivity contribution in [1.82, 2.24) is 0 Å². The molecule has 0 spiro atoms. The molecule has 2 aromatic carbocycles. The van der Waals surface area contributed by atoms with E-state index in [1.54, 1.807) is 24.3 Å². The molecule has 0 aliphatic rings. The average Bonchev–Trinajstić information content (AvgIpc) is 2.58. The summed E-state index contributed by atoms with van der Waals surface area (Å²) in [6.45, 7) is -0.384. The Labute approximate surface area is 142 Å². The van der Waals surface area contributed by atoms with Crippen LogP contribution in [0.5, 0.6) is 0 Å². The van der Waals surface area contributed by atoms with Crippen molar-refractivity contribution in [3.63, 3.8) is 0 Å². The van der Waals surface area contributed by atoms with Crippen molar-refractivity contribution in [2.24, 2.45) is 0 Å². The van der Waals surface area contributed by atoms with Crippen LogP contribution in [0.1, 0.15) is 15.9 Å². The van der Waals surface area contributed by atoms with Crippen LogP contribution in [0.2, 0.25) is 5.02 Å². The van der Waals surface area contributed by atoms with Crippen molar-refractivity contribution in [3.8, 4) is 0 Å². The molecular weight excluding hydrogens is 334 g/mol. The number of nitrogens with zero attached hydrogens (tertiary/aromatic N) is 1. The molecule has 24 heavy (non-hydrogen) atoms. The number of Topliss-reactive ketones (excluding diaryl/α,β-unsaturated/α-hetero) is 1. The molecule has 0 atom stereocenters. The molecule has 122 valence electrons. The van der Waals surface area contributed by atoms with Crippen LogP contribution in [0, 0.1) is 10.1 Å². The van der Waals surface area contributed by atoms with E-state index in [9.17, 15) is 19.7 Å². The Hall–Kier alpha value is -2.99. The van der Waals surface area contributed by atoms with Gasteiger partial charge in [-0.3, -0.25) is 14.9 Å². The number of rotatable bonds is 6. The summed E-state index contributed by atoms with van der Waals surface area (Å²) in [4.78, 5) is 33.4. The first-order valence-corrected chi connectivity index (χ1v) is 7.21. The van der Waals surface area contributed by atoms with Crippen LogP contribution in [0.25, 0.3) is 6.08 Å². The minimum Gasteiger partial charge on any atom is -0.454 e. The molecule has 0 unspecified atom stereocenters. The van der Waals surface area contributed by atoms with Crippen LogP contribution in [0.15, 0.2) is 54.6 Å². The maximum Gasteiger partial charge on any atom is 0.331 e. The lowest BCUT2D eigenvalue weighted by atomic mass is 10.1. The van der Waals surface area contributed by atoms with Gasteiger partial charge in [-0.1, -0.05) is 11.6 Å². The molecule has 0 amide bonds. The lowest BCUT2D eigenvalue weighted by molar-refractivity contribution is -0.384. The van der Waals surface area contributed by atoms with Gasteiger partial charge in [0.2, 0.25) is 0 Å². The van der Waals surface area contributed by atoms with E-state index in [1.807, 2.05) is 0 Å². The largest absolute Gasteiger partial charge is 0.454 e. The minimum atomic E-state index is -0.685. The summed E-state index contributed by atoms with van der Waals surface area (Å²) >= 11 is 5.73. The van der Waals surface area contributed by atoms with Crippen molar-refractivity contribution in [1.29, 1.82) is 0 Å². The molecule has 0 saturated heterocycles. The van der Waals surface area contributed by atoms with E-state index in [0.717, 1.165) is 6.08 Å². The zero-order valence-electron chi connectivity index (χ0n) is 12.3. The Bertz CT molecular complexity index is 782. The average molecular weight is 346 g/mol. The molecular formula is C17H12ClNO5. The van der Waals surface area contributed by atoms with Crippen molar-refractivity contribution in [2.45, 2.75) is 0 Å². The van der Waals surface area contributed by atoms with Crippen LogP contribution in [-0.4, -0.2) is 23.3 Å². The number of hydrogen-bond acceptors (Lipinski definition) is 5. The smallest absolute Gasteiger partial charge is 0.331 e. The molecule has 2 aromatic rings. The van der Waals surface area contributed by atoms with Gasteiger partial charge in [0.15, 0.2) is 12.4 Å². The van der Waals surface area contributed by atoms with E-state index < -0.39 is 10.9 Å². The molecule has 6 nitrogen and oxygen atoms in total. The van der Waals surface area contributed by atoms with Gasteiger partial charge in [0.1, 0.15) is 0 Å². The molecule has 7 heteroatoms. The molecule has 2 rings (SSSR count). The quantitative estimate of drug-likeness (QED) is 0.262. The highest BCUT2D eigenvalue weighted by molar-refractivity contribution is 6.30. The van der Waals surface area contributed by atoms with E-state index in [0.29, 0.717) is 16.1 Å². The normalized spacial score (nSPS) is 10.5. The second kappa shape index (κ2) is 8.03. The first-order valence-electron chi connectivity index (χ1n) is 6.84. The number of esters is 1. The molecule has 0 heterocycles. The van der Waals surface area contributed by atoms with Crippen molar-refractivity contribution in [3.05, 3.63) is 80.9 Å². The lowest BCUT2D eigenvalue weighted by Gasteiger charge is -2.02. The number of hydrogen-bond donors (Lipinski definition) is 0. The maximum atomic E-state index is 11.8. The van der Waals surface area contributed by atoms with E-state index in [4.69, 9.17) is 16.3 Å². The standard InChI is InChI=1S/C17H12ClNO5/c18-14-6-4-13(5-7-14)16(20)11-24-17(21)10-3-12-1-8-15(9-2-12)19(22)23/h1-10H,11H2/b10-3+. The fourth-order valence-electron chi connectivity index (χ4n) is 1.78. The van der Waals surface area contributed by atoms with Gasteiger partial charge >= 0.3 is 5.97 Å². The number of nitro groups is 1. The van der Waals surface area contributed by atoms with Crippen LogP contribution >= 0.6 is 11.6 Å².